The van der Waals surface area contributed by atoms with Crippen LogP contribution in [0.25, 0.3) is 0 Å². The molecule has 0 unspecified atom stereocenters. The van der Waals surface area contributed by atoms with Crippen LogP contribution in [0.2, 0.25) is 0 Å². The van der Waals surface area contributed by atoms with Crippen LogP contribution < -0.4 is 10.2 Å². The minimum absolute atomic E-state index is 0. The van der Waals surface area contributed by atoms with Crippen molar-refractivity contribution in [3.05, 3.63) is 6.92 Å². The van der Waals surface area contributed by atoms with Crippen molar-refractivity contribution < 1.29 is 11.6 Å². The summed E-state index contributed by atoms with van der Waals surface area (Å²) >= 11 is 0. The van der Waals surface area contributed by atoms with Gasteiger partial charge in [-0.1, -0.05) is 39.5 Å². The Kier molecular flexibility index (Phi) is 36.1. The smallest absolute Gasteiger partial charge is 0.854 e. The number of hydrogen-bond acceptors (Lipinski definition) is 2. The summed E-state index contributed by atoms with van der Waals surface area (Å²) in [5.74, 6) is 0. The first-order valence-corrected chi connectivity index (χ1v) is 3.78. The molecule has 0 aliphatic heterocycles. The van der Waals surface area contributed by atoms with Crippen LogP contribution in [-0.2, 0) is 0 Å². The zero-order valence-electron chi connectivity index (χ0n) is 7.27. The van der Waals surface area contributed by atoms with Crippen LogP contribution in [0.4, 0.5) is 0 Å². The summed E-state index contributed by atoms with van der Waals surface area (Å²) in [5, 5.41) is 19.1. The van der Waals surface area contributed by atoms with Gasteiger partial charge in [-0.25, -0.2) is 0 Å². The quantitative estimate of drug-likeness (QED) is 0.530. The van der Waals surface area contributed by atoms with Crippen LogP contribution in [-0.4, -0.2) is 37.1 Å². The molecule has 0 amide bonds. The first-order chi connectivity index (χ1) is 4.83. The molecular weight excluding hydrogens is 247 g/mol. The molecule has 0 aromatic heterocycles. The van der Waals surface area contributed by atoms with Gasteiger partial charge < -0.3 is 10.2 Å². The molecule has 0 N–H and O–H groups in total. The maximum Gasteiger partial charge on any atom is 2.00 e. The number of unbranched alkanes of at least 4 members (excludes halogenated alkanes) is 2. The maximum absolute atomic E-state index is 9.55. The van der Waals surface area contributed by atoms with E-state index >= 15 is 0 Å². The van der Waals surface area contributed by atoms with Crippen molar-refractivity contribution in [1.29, 1.82) is 0 Å². The summed E-state index contributed by atoms with van der Waals surface area (Å²) in [6.45, 7) is 5.53. The Morgan fingerprint density at radius 3 is 1.55 bits per heavy atom. The Bertz CT molecular complexity index is 42.0. The zero-order valence-corrected chi connectivity index (χ0v) is 10.1. The van der Waals surface area contributed by atoms with E-state index in [1.807, 2.05) is 0 Å². The fourth-order valence-electron chi connectivity index (χ4n) is 0.204. The van der Waals surface area contributed by atoms with Crippen molar-refractivity contribution in [3.63, 3.8) is 0 Å². The van der Waals surface area contributed by atoms with Gasteiger partial charge in [0.25, 0.3) is 0 Å². The molecule has 0 heterocycles. The molecule has 0 atom stereocenters. The van der Waals surface area contributed by atoms with E-state index in [0.29, 0.717) is 12.8 Å². The van der Waals surface area contributed by atoms with Crippen LogP contribution >= 0.6 is 0 Å². The van der Waals surface area contributed by atoms with Crippen molar-refractivity contribution in [1.82, 2.24) is 0 Å². The standard InChI is InChI=1S/C4H8O2.C4H9.Sn.H2/c5-3-1-2-4-6;1-3-4-2;;/h1-4H2;1,3-4H2,2H3;;1H/q-2;;+2;. The third-order valence-corrected chi connectivity index (χ3v) is 0.892. The van der Waals surface area contributed by atoms with Crippen molar-refractivity contribution in [2.75, 3.05) is 13.2 Å². The van der Waals surface area contributed by atoms with E-state index in [2.05, 4.69) is 13.8 Å². The van der Waals surface area contributed by atoms with Crippen LogP contribution in [0.3, 0.4) is 0 Å². The molecule has 0 spiro atoms. The van der Waals surface area contributed by atoms with Gasteiger partial charge in [0.05, 0.1) is 0 Å². The molecule has 0 aromatic carbocycles. The second-order valence-corrected chi connectivity index (χ2v) is 1.97. The van der Waals surface area contributed by atoms with E-state index < -0.39 is 0 Å². The van der Waals surface area contributed by atoms with Gasteiger partial charge in [0.1, 0.15) is 0 Å². The molecule has 0 fully saturated rings. The van der Waals surface area contributed by atoms with Crippen LogP contribution in [0.1, 0.15) is 34.0 Å². The molecule has 0 saturated heterocycles. The van der Waals surface area contributed by atoms with E-state index in [-0.39, 0.29) is 38.5 Å². The normalized spacial score (nSPS) is 7.64. The molecule has 3 heteroatoms. The second kappa shape index (κ2) is 22.4. The topological polar surface area (TPSA) is 46.1 Å². The Morgan fingerprint density at radius 2 is 1.45 bits per heavy atom. The van der Waals surface area contributed by atoms with Crippen molar-refractivity contribution in [3.8, 4) is 0 Å². The van der Waals surface area contributed by atoms with E-state index in [9.17, 15) is 10.2 Å². The Labute approximate surface area is 88.5 Å². The van der Waals surface area contributed by atoms with Gasteiger partial charge in [0, 0.05) is 1.43 Å². The molecule has 0 rings (SSSR count). The van der Waals surface area contributed by atoms with Gasteiger partial charge in [0.15, 0.2) is 0 Å². The van der Waals surface area contributed by atoms with Crippen LogP contribution in [0.5, 0.6) is 0 Å². The SMILES string of the molecule is [CH2]CCC.[HH].[O-]CCCC[O-].[Sn+2]. The Hall–Kier alpha value is 0.719. The van der Waals surface area contributed by atoms with E-state index in [0.717, 1.165) is 6.42 Å². The second-order valence-electron chi connectivity index (χ2n) is 1.97. The third-order valence-electron chi connectivity index (χ3n) is 0.892. The molecule has 0 bridgehead atoms. The van der Waals surface area contributed by atoms with Gasteiger partial charge in [-0.15, -0.1) is 13.2 Å². The predicted molar refractivity (Wildman–Crippen MR) is 47.1 cm³/mol. The summed E-state index contributed by atoms with van der Waals surface area (Å²) in [6.07, 6.45) is 3.37. The Balaban J connectivity index is -0.0000000483. The summed E-state index contributed by atoms with van der Waals surface area (Å²) in [7, 11) is 0. The summed E-state index contributed by atoms with van der Waals surface area (Å²) in [5.41, 5.74) is 0. The number of hydrogen-bond donors (Lipinski definition) is 0. The van der Waals surface area contributed by atoms with Crippen molar-refractivity contribution in [2.45, 2.75) is 32.6 Å². The molecule has 0 aromatic rings. The van der Waals surface area contributed by atoms with Gasteiger partial charge in [-0.3, -0.25) is 0 Å². The predicted octanol–water partition coefficient (Wildman–Crippen LogP) is -0.0270. The minimum Gasteiger partial charge on any atom is -0.854 e. The first kappa shape index (κ1) is 17.7. The third kappa shape index (κ3) is 36.6. The van der Waals surface area contributed by atoms with Crippen LogP contribution in [0, 0.1) is 6.92 Å². The van der Waals surface area contributed by atoms with Gasteiger partial charge in [-0.05, 0) is 0 Å². The first-order valence-electron chi connectivity index (χ1n) is 3.78. The minimum atomic E-state index is -0.0950. The molecule has 3 radical (unpaired) electrons. The summed E-state index contributed by atoms with van der Waals surface area (Å²) in [6, 6.07) is 0. The average Bonchev–Trinajstić information content (AvgIpc) is 2.01. The number of rotatable bonds is 4. The van der Waals surface area contributed by atoms with E-state index in [4.69, 9.17) is 0 Å². The molecule has 0 aliphatic rings. The Morgan fingerprint density at radius 1 is 1.18 bits per heavy atom. The molecule has 67 valence electrons. The fraction of sp³-hybridized carbons (Fsp3) is 0.875. The van der Waals surface area contributed by atoms with Crippen molar-refractivity contribution >= 4 is 23.9 Å². The van der Waals surface area contributed by atoms with Gasteiger partial charge in [-0.2, -0.15) is 0 Å². The largest absolute Gasteiger partial charge is 2.00 e. The fourth-order valence-corrected chi connectivity index (χ4v) is 0.204. The summed E-state index contributed by atoms with van der Waals surface area (Å²) < 4.78 is 0. The molecule has 0 saturated carbocycles. The van der Waals surface area contributed by atoms with Gasteiger partial charge >= 0.3 is 23.9 Å². The molecule has 11 heavy (non-hydrogen) atoms. The average molecular weight is 266 g/mol. The molecule has 2 nitrogen and oxygen atoms in total. The van der Waals surface area contributed by atoms with Crippen molar-refractivity contribution in [2.24, 2.45) is 0 Å². The van der Waals surface area contributed by atoms with Crippen LogP contribution in [0.15, 0.2) is 0 Å². The zero-order chi connectivity index (χ0) is 8.24. The summed E-state index contributed by atoms with van der Waals surface area (Å²) in [4.78, 5) is 0. The van der Waals surface area contributed by atoms with E-state index in [1.165, 1.54) is 6.42 Å². The monoisotopic (exact) mass is 267 g/mol. The molecular formula is C8H19O2Sn. The molecule has 0 aliphatic carbocycles. The maximum atomic E-state index is 9.55. The van der Waals surface area contributed by atoms with E-state index in [1.54, 1.807) is 0 Å². The van der Waals surface area contributed by atoms with Gasteiger partial charge in [0.2, 0.25) is 0 Å².